The van der Waals surface area contributed by atoms with E-state index in [0.29, 0.717) is 5.82 Å². The van der Waals surface area contributed by atoms with E-state index in [1.54, 1.807) is 12.1 Å². The number of aromatic hydroxyl groups is 1. The van der Waals surface area contributed by atoms with E-state index in [9.17, 15) is 9.90 Å². The molecule has 3 aromatic rings. The van der Waals surface area contributed by atoms with Crippen LogP contribution in [0, 0.1) is 13.8 Å². The number of esters is 1. The van der Waals surface area contributed by atoms with E-state index in [1.807, 2.05) is 38.1 Å². The summed E-state index contributed by atoms with van der Waals surface area (Å²) in [7, 11) is 0. The molecule has 1 heterocycles. The predicted octanol–water partition coefficient (Wildman–Crippen LogP) is 3.42. The van der Waals surface area contributed by atoms with Crippen LogP contribution in [0.1, 0.15) is 27.4 Å². The van der Waals surface area contributed by atoms with Gasteiger partial charge in [-0.3, -0.25) is 0 Å². The molecule has 3 rings (SSSR count). The SMILES string of the molecule is Cc1ccc(O)c(C(=O)OCc2nc(-c3ccccc3C)no2)c1. The first-order chi connectivity index (χ1) is 11.5. The molecule has 0 aliphatic carbocycles. The molecule has 0 fully saturated rings. The number of phenols is 1. The molecule has 0 spiro atoms. The lowest BCUT2D eigenvalue weighted by Crippen LogP contribution is -2.06. The molecule has 0 amide bonds. The Morgan fingerprint density at radius 1 is 1.21 bits per heavy atom. The number of aromatic nitrogens is 2. The summed E-state index contributed by atoms with van der Waals surface area (Å²) >= 11 is 0. The minimum absolute atomic E-state index is 0.105. The molecule has 1 aromatic heterocycles. The van der Waals surface area contributed by atoms with Crippen molar-refractivity contribution in [3.63, 3.8) is 0 Å². The summed E-state index contributed by atoms with van der Waals surface area (Å²) < 4.78 is 10.2. The van der Waals surface area contributed by atoms with Gasteiger partial charge >= 0.3 is 5.97 Å². The van der Waals surface area contributed by atoms with Crippen molar-refractivity contribution in [3.8, 4) is 17.1 Å². The molecule has 6 nitrogen and oxygen atoms in total. The second-order valence-corrected chi connectivity index (χ2v) is 5.42. The Morgan fingerprint density at radius 3 is 2.79 bits per heavy atom. The van der Waals surface area contributed by atoms with E-state index in [1.165, 1.54) is 6.07 Å². The summed E-state index contributed by atoms with van der Waals surface area (Å²) in [6.45, 7) is 3.61. The molecule has 0 aliphatic rings. The second-order valence-electron chi connectivity index (χ2n) is 5.42. The van der Waals surface area contributed by atoms with Crippen molar-refractivity contribution in [1.29, 1.82) is 0 Å². The number of ether oxygens (including phenoxy) is 1. The Hall–Kier alpha value is -3.15. The van der Waals surface area contributed by atoms with Crippen LogP contribution in [-0.2, 0) is 11.3 Å². The molecule has 0 aliphatic heterocycles. The molecule has 0 bridgehead atoms. The van der Waals surface area contributed by atoms with E-state index in [4.69, 9.17) is 9.26 Å². The number of rotatable bonds is 4. The van der Waals surface area contributed by atoms with Crippen molar-refractivity contribution >= 4 is 5.97 Å². The summed E-state index contributed by atoms with van der Waals surface area (Å²) in [4.78, 5) is 16.3. The predicted molar refractivity (Wildman–Crippen MR) is 86.4 cm³/mol. The van der Waals surface area contributed by atoms with Gasteiger partial charge in [0.25, 0.3) is 5.89 Å². The Kier molecular flexibility index (Phi) is 4.29. The number of nitrogens with zero attached hydrogens (tertiary/aromatic N) is 2. The molecule has 1 N–H and O–H groups in total. The molecule has 2 aromatic carbocycles. The Balaban J connectivity index is 1.71. The summed E-state index contributed by atoms with van der Waals surface area (Å²) in [5.41, 5.74) is 2.83. The van der Waals surface area contributed by atoms with Gasteiger partial charge in [-0.2, -0.15) is 4.98 Å². The topological polar surface area (TPSA) is 85.5 Å². The zero-order valence-electron chi connectivity index (χ0n) is 13.3. The van der Waals surface area contributed by atoms with E-state index in [0.717, 1.165) is 16.7 Å². The molecule has 122 valence electrons. The molecule has 0 saturated heterocycles. The minimum atomic E-state index is -0.646. The number of hydrogen-bond acceptors (Lipinski definition) is 6. The van der Waals surface area contributed by atoms with Gasteiger partial charge in [0, 0.05) is 5.56 Å². The fraction of sp³-hybridized carbons (Fsp3) is 0.167. The maximum Gasteiger partial charge on any atom is 0.342 e. The monoisotopic (exact) mass is 324 g/mol. The van der Waals surface area contributed by atoms with Gasteiger partial charge in [0.15, 0.2) is 6.61 Å². The molecule has 0 unspecified atom stereocenters. The van der Waals surface area contributed by atoms with Gasteiger partial charge in [0.2, 0.25) is 5.82 Å². The normalized spacial score (nSPS) is 10.6. The first-order valence-electron chi connectivity index (χ1n) is 7.40. The van der Waals surface area contributed by atoms with Crippen molar-refractivity contribution in [2.45, 2.75) is 20.5 Å². The molecular weight excluding hydrogens is 308 g/mol. The standard InChI is InChI=1S/C18H16N2O4/c1-11-7-8-15(21)14(9-11)18(22)23-10-16-19-17(20-24-16)13-6-4-3-5-12(13)2/h3-9,21H,10H2,1-2H3. The summed E-state index contributed by atoms with van der Waals surface area (Å²) in [5, 5.41) is 13.6. The second kappa shape index (κ2) is 6.54. The first-order valence-corrected chi connectivity index (χ1v) is 7.40. The molecule has 0 saturated carbocycles. The van der Waals surface area contributed by atoms with Crippen molar-refractivity contribution in [1.82, 2.24) is 10.1 Å². The molecular formula is C18H16N2O4. The van der Waals surface area contributed by atoms with Crippen LogP contribution in [0.3, 0.4) is 0 Å². The van der Waals surface area contributed by atoms with E-state index < -0.39 is 5.97 Å². The van der Waals surface area contributed by atoms with E-state index >= 15 is 0 Å². The third-order valence-corrected chi connectivity index (χ3v) is 3.55. The fourth-order valence-electron chi connectivity index (χ4n) is 2.27. The van der Waals surface area contributed by atoms with Gasteiger partial charge in [-0.05, 0) is 31.5 Å². The van der Waals surface area contributed by atoms with Crippen LogP contribution in [-0.4, -0.2) is 21.2 Å². The number of carbonyl (C=O) groups excluding carboxylic acids is 1. The van der Waals surface area contributed by atoms with Crippen molar-refractivity contribution in [2.75, 3.05) is 0 Å². The molecule has 24 heavy (non-hydrogen) atoms. The fourth-order valence-corrected chi connectivity index (χ4v) is 2.27. The van der Waals surface area contributed by atoms with Crippen molar-refractivity contribution in [2.24, 2.45) is 0 Å². The number of aryl methyl sites for hydroxylation is 2. The van der Waals surface area contributed by atoms with Gasteiger partial charge in [-0.25, -0.2) is 4.79 Å². The van der Waals surface area contributed by atoms with Gasteiger partial charge in [-0.15, -0.1) is 0 Å². The zero-order valence-corrected chi connectivity index (χ0v) is 13.3. The van der Waals surface area contributed by atoms with Gasteiger partial charge in [-0.1, -0.05) is 41.1 Å². The largest absolute Gasteiger partial charge is 0.507 e. The van der Waals surface area contributed by atoms with Crippen LogP contribution in [0.5, 0.6) is 5.75 Å². The van der Waals surface area contributed by atoms with E-state index in [2.05, 4.69) is 10.1 Å². The Morgan fingerprint density at radius 2 is 2.00 bits per heavy atom. The summed E-state index contributed by atoms with van der Waals surface area (Å²) in [6, 6.07) is 12.4. The third-order valence-electron chi connectivity index (χ3n) is 3.55. The highest BCUT2D eigenvalue weighted by Gasteiger charge is 2.16. The lowest BCUT2D eigenvalue weighted by atomic mass is 10.1. The van der Waals surface area contributed by atoms with E-state index in [-0.39, 0.29) is 23.8 Å². The highest BCUT2D eigenvalue weighted by Crippen LogP contribution is 2.21. The van der Waals surface area contributed by atoms with Gasteiger partial charge in [0.1, 0.15) is 11.3 Å². The summed E-state index contributed by atoms with van der Waals surface area (Å²) in [5.74, 6) is -0.144. The van der Waals surface area contributed by atoms with Crippen molar-refractivity contribution in [3.05, 3.63) is 65.0 Å². The maximum absolute atomic E-state index is 12.0. The first kappa shape index (κ1) is 15.7. The highest BCUT2D eigenvalue weighted by atomic mass is 16.6. The molecule has 0 atom stereocenters. The van der Waals surface area contributed by atoms with Crippen LogP contribution in [0.15, 0.2) is 47.0 Å². The third kappa shape index (κ3) is 3.27. The lowest BCUT2D eigenvalue weighted by molar-refractivity contribution is 0.0426. The van der Waals surface area contributed by atoms with Crippen LogP contribution in [0.25, 0.3) is 11.4 Å². The number of carbonyl (C=O) groups is 1. The smallest absolute Gasteiger partial charge is 0.342 e. The number of benzene rings is 2. The summed E-state index contributed by atoms with van der Waals surface area (Å²) in [6.07, 6.45) is 0. The van der Waals surface area contributed by atoms with Crippen LogP contribution in [0.4, 0.5) is 0 Å². The van der Waals surface area contributed by atoms with Crippen molar-refractivity contribution < 1.29 is 19.2 Å². The molecule has 6 heteroatoms. The average molecular weight is 324 g/mol. The van der Waals surface area contributed by atoms with Crippen LogP contribution in [0.2, 0.25) is 0 Å². The average Bonchev–Trinajstić information content (AvgIpc) is 3.04. The molecule has 0 radical (unpaired) electrons. The zero-order chi connectivity index (χ0) is 17.1. The Bertz CT molecular complexity index is 886. The minimum Gasteiger partial charge on any atom is -0.507 e. The van der Waals surface area contributed by atoms with Gasteiger partial charge in [0.05, 0.1) is 0 Å². The van der Waals surface area contributed by atoms with Gasteiger partial charge < -0.3 is 14.4 Å². The lowest BCUT2D eigenvalue weighted by Gasteiger charge is -2.05. The van der Waals surface area contributed by atoms with Crippen LogP contribution >= 0.6 is 0 Å². The highest BCUT2D eigenvalue weighted by molar-refractivity contribution is 5.92. The van der Waals surface area contributed by atoms with Crippen LogP contribution < -0.4 is 0 Å². The maximum atomic E-state index is 12.0. The number of hydrogen-bond donors (Lipinski definition) is 1. The number of phenolic OH excluding ortho intramolecular Hbond substituents is 1. The quantitative estimate of drug-likeness (QED) is 0.740. The Labute approximate surface area is 138 Å².